The predicted octanol–water partition coefficient (Wildman–Crippen LogP) is 1.50. The summed E-state index contributed by atoms with van der Waals surface area (Å²) in [7, 11) is 0. The van der Waals surface area contributed by atoms with Crippen LogP contribution in [0.25, 0.3) is 10.9 Å². The highest BCUT2D eigenvalue weighted by Crippen LogP contribution is 2.42. The van der Waals surface area contributed by atoms with Crippen LogP contribution in [-0.4, -0.2) is 47.5 Å². The van der Waals surface area contributed by atoms with Gasteiger partial charge in [-0.2, -0.15) is 0 Å². The first-order valence-corrected chi connectivity index (χ1v) is 8.82. The number of benzene rings is 1. The molecule has 144 valence electrons. The van der Waals surface area contributed by atoms with E-state index in [0.29, 0.717) is 19.6 Å². The van der Waals surface area contributed by atoms with Gasteiger partial charge in [-0.1, -0.05) is 0 Å². The standard InChI is InChI=1S/C18H20F2N4O3/c1-8-6-23(3-2-22-8)13-5-11(21)14-16(15(13)20)24(12-4-10(12)19)7-9(17(14)25)18(26)27/h5,7-8,10,12,22H,2-4,6,21H2,1H3,(H,26,27). The zero-order valence-corrected chi connectivity index (χ0v) is 14.7. The molecule has 2 fully saturated rings. The van der Waals surface area contributed by atoms with Gasteiger partial charge in [0.25, 0.3) is 0 Å². The number of aromatic carboxylic acids is 1. The third-order valence-corrected chi connectivity index (χ3v) is 5.23. The normalized spacial score (nSPS) is 25.0. The fourth-order valence-electron chi connectivity index (χ4n) is 3.76. The maximum absolute atomic E-state index is 15.5. The SMILES string of the molecule is CC1CN(c2cc(N)c3c(=O)c(C(=O)O)cn(C4CC4F)c3c2F)CCN1. The van der Waals surface area contributed by atoms with E-state index in [1.807, 2.05) is 11.8 Å². The highest BCUT2D eigenvalue weighted by Gasteiger charge is 2.41. The number of anilines is 2. The van der Waals surface area contributed by atoms with Crippen LogP contribution in [0.1, 0.15) is 29.7 Å². The lowest BCUT2D eigenvalue weighted by Gasteiger charge is -2.34. The van der Waals surface area contributed by atoms with E-state index in [4.69, 9.17) is 5.73 Å². The Hall–Kier alpha value is -2.68. The van der Waals surface area contributed by atoms with Crippen molar-refractivity contribution in [3.63, 3.8) is 0 Å². The third kappa shape index (κ3) is 2.82. The van der Waals surface area contributed by atoms with Crippen LogP contribution in [0, 0.1) is 5.82 Å². The molecule has 3 atom stereocenters. The number of pyridine rings is 1. The molecule has 2 aliphatic rings. The average Bonchev–Trinajstić information content (AvgIpc) is 3.33. The third-order valence-electron chi connectivity index (χ3n) is 5.23. The molecule has 2 heterocycles. The molecule has 0 bridgehead atoms. The van der Waals surface area contributed by atoms with E-state index in [9.17, 15) is 19.1 Å². The van der Waals surface area contributed by atoms with Gasteiger partial charge in [-0.25, -0.2) is 13.6 Å². The first-order valence-electron chi connectivity index (χ1n) is 8.82. The summed E-state index contributed by atoms with van der Waals surface area (Å²) in [6.07, 6.45) is -0.0318. The molecule has 7 nitrogen and oxygen atoms in total. The second kappa shape index (κ2) is 6.19. The van der Waals surface area contributed by atoms with Crippen molar-refractivity contribution in [1.29, 1.82) is 0 Å². The molecule has 27 heavy (non-hydrogen) atoms. The number of piperazine rings is 1. The topological polar surface area (TPSA) is 101 Å². The number of nitrogen functional groups attached to an aromatic ring is 1. The van der Waals surface area contributed by atoms with Gasteiger partial charge in [-0.3, -0.25) is 4.79 Å². The number of rotatable bonds is 3. The molecular weight excluding hydrogens is 358 g/mol. The number of nitrogens with one attached hydrogen (secondary N) is 1. The summed E-state index contributed by atoms with van der Waals surface area (Å²) in [5.41, 5.74) is 4.75. The predicted molar refractivity (Wildman–Crippen MR) is 97.8 cm³/mol. The van der Waals surface area contributed by atoms with Crippen molar-refractivity contribution in [2.24, 2.45) is 0 Å². The van der Waals surface area contributed by atoms with Crippen molar-refractivity contribution in [2.45, 2.75) is 31.6 Å². The van der Waals surface area contributed by atoms with Gasteiger partial charge in [0.1, 0.15) is 11.7 Å². The van der Waals surface area contributed by atoms with Gasteiger partial charge < -0.3 is 25.6 Å². The molecule has 0 radical (unpaired) electrons. The zero-order valence-electron chi connectivity index (χ0n) is 14.7. The fraction of sp³-hybridized carbons (Fsp3) is 0.444. The first kappa shape index (κ1) is 17.7. The van der Waals surface area contributed by atoms with Crippen molar-refractivity contribution in [3.05, 3.63) is 33.9 Å². The van der Waals surface area contributed by atoms with Gasteiger partial charge in [0.2, 0.25) is 5.43 Å². The molecule has 2 aromatic rings. The number of nitrogens with two attached hydrogens (primary N) is 1. The van der Waals surface area contributed by atoms with Crippen LogP contribution in [0.2, 0.25) is 0 Å². The highest BCUT2D eigenvalue weighted by atomic mass is 19.1. The van der Waals surface area contributed by atoms with E-state index in [1.165, 1.54) is 10.6 Å². The van der Waals surface area contributed by atoms with Crippen LogP contribution >= 0.6 is 0 Å². The molecule has 9 heteroatoms. The minimum absolute atomic E-state index is 0.00880. The number of fused-ring (bicyclic) bond motifs is 1. The van der Waals surface area contributed by atoms with Crippen LogP contribution in [0.4, 0.5) is 20.2 Å². The lowest BCUT2D eigenvalue weighted by molar-refractivity contribution is 0.0694. The van der Waals surface area contributed by atoms with E-state index < -0.39 is 35.0 Å². The van der Waals surface area contributed by atoms with E-state index >= 15 is 4.39 Å². The molecule has 0 spiro atoms. The number of alkyl halides is 1. The quantitative estimate of drug-likeness (QED) is 0.700. The van der Waals surface area contributed by atoms with Gasteiger partial charge in [-0.05, 0) is 13.0 Å². The number of carbonyl (C=O) groups is 1. The van der Waals surface area contributed by atoms with Crippen molar-refractivity contribution in [3.8, 4) is 0 Å². The van der Waals surface area contributed by atoms with Crippen molar-refractivity contribution < 1.29 is 18.7 Å². The summed E-state index contributed by atoms with van der Waals surface area (Å²) < 4.78 is 30.5. The average molecular weight is 378 g/mol. The van der Waals surface area contributed by atoms with Crippen LogP contribution < -0.4 is 21.4 Å². The molecule has 1 saturated carbocycles. The monoisotopic (exact) mass is 378 g/mol. The van der Waals surface area contributed by atoms with E-state index in [-0.39, 0.29) is 34.7 Å². The Morgan fingerprint density at radius 2 is 2.15 bits per heavy atom. The molecule has 0 amide bonds. The number of carboxylic acid groups (broad SMARTS) is 1. The number of hydrogen-bond donors (Lipinski definition) is 3. The molecule has 1 aromatic carbocycles. The van der Waals surface area contributed by atoms with Crippen molar-refractivity contribution >= 4 is 28.2 Å². The molecule has 1 aliphatic carbocycles. The number of aromatic nitrogens is 1. The minimum Gasteiger partial charge on any atom is -0.477 e. The van der Waals surface area contributed by atoms with E-state index in [0.717, 1.165) is 6.20 Å². The fourth-order valence-corrected chi connectivity index (χ4v) is 3.76. The molecule has 1 aliphatic heterocycles. The van der Waals surface area contributed by atoms with Crippen LogP contribution in [-0.2, 0) is 0 Å². The summed E-state index contributed by atoms with van der Waals surface area (Å²) in [5, 5.41) is 12.4. The summed E-state index contributed by atoms with van der Waals surface area (Å²) in [6, 6.07) is 0.815. The molecule has 4 rings (SSSR count). The Bertz CT molecular complexity index is 1010. The zero-order chi connectivity index (χ0) is 19.5. The van der Waals surface area contributed by atoms with Crippen molar-refractivity contribution in [1.82, 2.24) is 9.88 Å². The Morgan fingerprint density at radius 3 is 2.74 bits per heavy atom. The van der Waals surface area contributed by atoms with Gasteiger partial charge >= 0.3 is 5.97 Å². The summed E-state index contributed by atoms with van der Waals surface area (Å²) in [4.78, 5) is 25.9. The number of nitrogens with zero attached hydrogens (tertiary/aromatic N) is 2. The second-order valence-corrected chi connectivity index (χ2v) is 7.23. The van der Waals surface area contributed by atoms with Gasteiger partial charge in [0.05, 0.1) is 22.6 Å². The summed E-state index contributed by atoms with van der Waals surface area (Å²) in [6.45, 7) is 3.74. The second-order valence-electron chi connectivity index (χ2n) is 7.23. The maximum atomic E-state index is 15.5. The Morgan fingerprint density at radius 1 is 1.44 bits per heavy atom. The summed E-state index contributed by atoms with van der Waals surface area (Å²) in [5.74, 6) is -2.13. The number of halogens is 2. The summed E-state index contributed by atoms with van der Waals surface area (Å²) >= 11 is 0. The molecule has 1 aromatic heterocycles. The van der Waals surface area contributed by atoms with Crippen molar-refractivity contribution in [2.75, 3.05) is 30.3 Å². The number of carboxylic acids is 1. The van der Waals surface area contributed by atoms with Gasteiger partial charge in [0, 0.05) is 44.0 Å². The molecule has 3 unspecified atom stereocenters. The molecule has 1 saturated heterocycles. The number of hydrogen-bond acceptors (Lipinski definition) is 5. The first-order chi connectivity index (χ1) is 12.8. The Labute approximate surface area is 153 Å². The smallest absolute Gasteiger partial charge is 0.341 e. The highest BCUT2D eigenvalue weighted by molar-refractivity contribution is 5.99. The van der Waals surface area contributed by atoms with Crippen LogP contribution in [0.15, 0.2) is 17.1 Å². The molecular formula is C18H20F2N4O3. The van der Waals surface area contributed by atoms with Crippen LogP contribution in [0.5, 0.6) is 0 Å². The van der Waals surface area contributed by atoms with E-state index in [1.54, 1.807) is 0 Å². The largest absolute Gasteiger partial charge is 0.477 e. The lowest BCUT2D eigenvalue weighted by atomic mass is 10.1. The van der Waals surface area contributed by atoms with Crippen LogP contribution in [0.3, 0.4) is 0 Å². The maximum Gasteiger partial charge on any atom is 0.341 e. The van der Waals surface area contributed by atoms with Gasteiger partial charge in [0.15, 0.2) is 5.82 Å². The Kier molecular flexibility index (Phi) is 4.06. The molecule has 4 N–H and O–H groups in total. The minimum atomic E-state index is -1.45. The van der Waals surface area contributed by atoms with E-state index in [2.05, 4.69) is 5.32 Å². The Balaban J connectivity index is 2.00. The lowest BCUT2D eigenvalue weighted by Crippen LogP contribution is -2.49. The van der Waals surface area contributed by atoms with Gasteiger partial charge in [-0.15, -0.1) is 0 Å².